The first-order valence-electron chi connectivity index (χ1n) is 8.10. The summed E-state index contributed by atoms with van der Waals surface area (Å²) in [6, 6.07) is 10.2. The van der Waals surface area contributed by atoms with Crippen molar-refractivity contribution in [3.05, 3.63) is 47.9 Å². The minimum Gasteiger partial charge on any atom is -0.368 e. The Hall–Kier alpha value is -2.43. The molecule has 23 heavy (non-hydrogen) atoms. The first kappa shape index (κ1) is 15.5. The number of amides is 1. The van der Waals surface area contributed by atoms with Gasteiger partial charge in [0.25, 0.3) is 5.91 Å². The van der Waals surface area contributed by atoms with Crippen molar-refractivity contribution in [1.29, 1.82) is 0 Å². The van der Waals surface area contributed by atoms with Crippen LogP contribution in [0.3, 0.4) is 0 Å². The van der Waals surface area contributed by atoms with E-state index in [2.05, 4.69) is 42.1 Å². The van der Waals surface area contributed by atoms with Crippen LogP contribution < -0.4 is 10.2 Å². The summed E-state index contributed by atoms with van der Waals surface area (Å²) in [5, 5.41) is 3.29. The molecule has 1 amide bonds. The van der Waals surface area contributed by atoms with Crippen molar-refractivity contribution in [3.8, 4) is 0 Å². The molecular formula is C18H22N4O. The number of benzene rings is 1. The summed E-state index contributed by atoms with van der Waals surface area (Å²) in [5.41, 5.74) is 2.62. The highest BCUT2D eigenvalue weighted by Crippen LogP contribution is 2.32. The Morgan fingerprint density at radius 3 is 2.96 bits per heavy atom. The first-order valence-corrected chi connectivity index (χ1v) is 8.10. The Morgan fingerprint density at radius 2 is 2.17 bits per heavy atom. The zero-order valence-electron chi connectivity index (χ0n) is 13.8. The minimum atomic E-state index is -0.0722. The fourth-order valence-electron chi connectivity index (χ4n) is 2.91. The van der Waals surface area contributed by atoms with Gasteiger partial charge in [0.1, 0.15) is 17.8 Å². The Labute approximate surface area is 136 Å². The maximum Gasteiger partial charge on any atom is 0.277 e. The SMILES string of the molecule is CCC(C)Nc1cc(C(=O)N2c3ccccc3CC2C)ncn1. The van der Waals surface area contributed by atoms with E-state index in [1.165, 1.54) is 11.9 Å². The van der Waals surface area contributed by atoms with Gasteiger partial charge in [0.15, 0.2) is 0 Å². The summed E-state index contributed by atoms with van der Waals surface area (Å²) < 4.78 is 0. The van der Waals surface area contributed by atoms with Crippen molar-refractivity contribution < 1.29 is 4.79 Å². The van der Waals surface area contributed by atoms with Crippen LogP contribution in [0.4, 0.5) is 11.5 Å². The third kappa shape index (κ3) is 3.04. The fourth-order valence-corrected chi connectivity index (χ4v) is 2.91. The van der Waals surface area contributed by atoms with Gasteiger partial charge in [0.2, 0.25) is 0 Å². The van der Waals surface area contributed by atoms with Crippen molar-refractivity contribution in [2.45, 2.75) is 45.7 Å². The maximum atomic E-state index is 12.9. The normalized spacial score (nSPS) is 17.7. The van der Waals surface area contributed by atoms with Crippen LogP contribution in [0.1, 0.15) is 43.2 Å². The molecule has 5 nitrogen and oxygen atoms in total. The number of anilines is 2. The molecule has 0 fully saturated rings. The average Bonchev–Trinajstić information content (AvgIpc) is 2.90. The fraction of sp³-hybridized carbons (Fsp3) is 0.389. The molecule has 2 heterocycles. The van der Waals surface area contributed by atoms with E-state index in [0.29, 0.717) is 17.6 Å². The molecule has 3 rings (SSSR count). The number of nitrogens with zero attached hydrogens (tertiary/aromatic N) is 3. The second-order valence-electron chi connectivity index (χ2n) is 6.10. The Kier molecular flexibility index (Phi) is 4.28. The van der Waals surface area contributed by atoms with Gasteiger partial charge in [-0.1, -0.05) is 25.1 Å². The third-order valence-corrected chi connectivity index (χ3v) is 4.32. The molecule has 0 saturated carbocycles. The summed E-state index contributed by atoms with van der Waals surface area (Å²) in [6.07, 6.45) is 3.32. The summed E-state index contributed by atoms with van der Waals surface area (Å²) in [7, 11) is 0. The van der Waals surface area contributed by atoms with Crippen molar-refractivity contribution in [2.24, 2.45) is 0 Å². The van der Waals surface area contributed by atoms with Crippen LogP contribution in [0, 0.1) is 0 Å². The van der Waals surface area contributed by atoms with Crippen molar-refractivity contribution in [1.82, 2.24) is 9.97 Å². The third-order valence-electron chi connectivity index (χ3n) is 4.32. The molecule has 1 aliphatic rings. The van der Waals surface area contributed by atoms with E-state index in [-0.39, 0.29) is 11.9 Å². The topological polar surface area (TPSA) is 58.1 Å². The van der Waals surface area contributed by atoms with Crippen molar-refractivity contribution in [3.63, 3.8) is 0 Å². The smallest absolute Gasteiger partial charge is 0.277 e. The molecule has 1 aliphatic heterocycles. The van der Waals surface area contributed by atoms with Crippen LogP contribution in [0.5, 0.6) is 0 Å². The Balaban J connectivity index is 1.88. The van der Waals surface area contributed by atoms with Crippen LogP contribution in [0.15, 0.2) is 36.7 Å². The highest BCUT2D eigenvalue weighted by Gasteiger charge is 2.31. The molecule has 2 atom stereocenters. The highest BCUT2D eigenvalue weighted by molar-refractivity contribution is 6.06. The van der Waals surface area contributed by atoms with E-state index in [4.69, 9.17) is 0 Å². The van der Waals surface area contributed by atoms with Gasteiger partial charge < -0.3 is 10.2 Å². The first-order chi connectivity index (χ1) is 11.1. The van der Waals surface area contributed by atoms with Crippen LogP contribution in [0.25, 0.3) is 0 Å². The number of fused-ring (bicyclic) bond motifs is 1. The van der Waals surface area contributed by atoms with E-state index >= 15 is 0 Å². The largest absolute Gasteiger partial charge is 0.368 e. The summed E-state index contributed by atoms with van der Waals surface area (Å²) >= 11 is 0. The molecule has 5 heteroatoms. The number of carbonyl (C=O) groups excluding carboxylic acids is 1. The molecule has 1 N–H and O–H groups in total. The van der Waals surface area contributed by atoms with Gasteiger partial charge in [-0.05, 0) is 38.3 Å². The summed E-state index contributed by atoms with van der Waals surface area (Å²) in [4.78, 5) is 23.2. The average molecular weight is 310 g/mol. The maximum absolute atomic E-state index is 12.9. The quantitative estimate of drug-likeness (QED) is 0.941. The van der Waals surface area contributed by atoms with Gasteiger partial charge in [-0.2, -0.15) is 0 Å². The van der Waals surface area contributed by atoms with E-state index in [1.54, 1.807) is 6.07 Å². The zero-order valence-corrected chi connectivity index (χ0v) is 13.8. The molecule has 0 bridgehead atoms. The number of hydrogen-bond acceptors (Lipinski definition) is 4. The molecule has 0 aliphatic carbocycles. The molecule has 0 saturated heterocycles. The van der Waals surface area contributed by atoms with E-state index in [1.807, 2.05) is 23.1 Å². The van der Waals surface area contributed by atoms with Gasteiger partial charge in [0, 0.05) is 23.8 Å². The van der Waals surface area contributed by atoms with Gasteiger partial charge in [-0.25, -0.2) is 9.97 Å². The molecule has 120 valence electrons. The van der Waals surface area contributed by atoms with E-state index in [9.17, 15) is 4.79 Å². The lowest BCUT2D eigenvalue weighted by atomic mass is 10.1. The van der Waals surface area contributed by atoms with Crippen molar-refractivity contribution in [2.75, 3.05) is 10.2 Å². The summed E-state index contributed by atoms with van der Waals surface area (Å²) in [6.45, 7) is 6.26. The van der Waals surface area contributed by atoms with Gasteiger partial charge in [-0.3, -0.25) is 4.79 Å². The van der Waals surface area contributed by atoms with E-state index in [0.717, 1.165) is 18.5 Å². The molecular weight excluding hydrogens is 288 g/mol. The minimum absolute atomic E-state index is 0.0722. The predicted molar refractivity (Wildman–Crippen MR) is 91.8 cm³/mol. The second-order valence-corrected chi connectivity index (χ2v) is 6.10. The monoisotopic (exact) mass is 310 g/mol. The lowest BCUT2D eigenvalue weighted by Crippen LogP contribution is -2.36. The van der Waals surface area contributed by atoms with E-state index < -0.39 is 0 Å². The van der Waals surface area contributed by atoms with Gasteiger partial charge in [-0.15, -0.1) is 0 Å². The molecule has 2 aromatic rings. The summed E-state index contributed by atoms with van der Waals surface area (Å²) in [5.74, 6) is 0.620. The van der Waals surface area contributed by atoms with Crippen LogP contribution >= 0.6 is 0 Å². The number of rotatable bonds is 4. The Bertz CT molecular complexity index is 716. The van der Waals surface area contributed by atoms with Gasteiger partial charge >= 0.3 is 0 Å². The predicted octanol–water partition coefficient (Wildman–Crippen LogP) is 3.28. The molecule has 1 aromatic heterocycles. The lowest BCUT2D eigenvalue weighted by molar-refractivity contribution is 0.0976. The number of hydrogen-bond donors (Lipinski definition) is 1. The van der Waals surface area contributed by atoms with Crippen molar-refractivity contribution >= 4 is 17.4 Å². The number of nitrogens with one attached hydrogen (secondary N) is 1. The highest BCUT2D eigenvalue weighted by atomic mass is 16.2. The van der Waals surface area contributed by atoms with Crippen LogP contribution in [0.2, 0.25) is 0 Å². The molecule has 0 radical (unpaired) electrons. The lowest BCUT2D eigenvalue weighted by Gasteiger charge is -2.22. The van der Waals surface area contributed by atoms with Gasteiger partial charge in [0.05, 0.1) is 0 Å². The molecule has 2 unspecified atom stereocenters. The van der Waals surface area contributed by atoms with Crippen LogP contribution in [-0.2, 0) is 6.42 Å². The number of para-hydroxylation sites is 1. The van der Waals surface area contributed by atoms with Crippen LogP contribution in [-0.4, -0.2) is 28.0 Å². The molecule has 1 aromatic carbocycles. The Morgan fingerprint density at radius 1 is 1.39 bits per heavy atom. The number of aromatic nitrogens is 2. The zero-order chi connectivity index (χ0) is 16.4. The standard InChI is InChI=1S/C18H22N4O/c1-4-12(2)21-17-10-15(19-11-20-17)18(23)22-13(3)9-14-7-5-6-8-16(14)22/h5-8,10-13H,4,9H2,1-3H3,(H,19,20,21). The second kappa shape index (κ2) is 6.36. The number of carbonyl (C=O) groups is 1. The molecule has 0 spiro atoms.